The maximum atomic E-state index is 11.6. The Balaban J connectivity index is 2.08. The molecule has 0 radical (unpaired) electrons. The van der Waals surface area contributed by atoms with Crippen molar-refractivity contribution in [1.82, 2.24) is 10.4 Å². The average molecular weight is 261 g/mol. The van der Waals surface area contributed by atoms with Crippen LogP contribution >= 0.6 is 0 Å². The number of nitrogens with one attached hydrogen (secondary N) is 2. The van der Waals surface area contributed by atoms with Gasteiger partial charge in [-0.2, -0.15) is 5.10 Å². The number of hydrogen-bond donors (Lipinski definition) is 5. The minimum atomic E-state index is -0.675. The number of aromatic amines is 1. The Labute approximate surface area is 107 Å². The number of hydrogen-bond acceptors (Lipinski definition) is 5. The number of nitrogens with zero attached hydrogens (tertiary/aromatic N) is 1. The first-order valence-corrected chi connectivity index (χ1v) is 5.29. The molecule has 2 aromatic rings. The van der Waals surface area contributed by atoms with Crippen molar-refractivity contribution >= 4 is 12.1 Å². The molecule has 0 saturated carbocycles. The first-order chi connectivity index (χ1) is 9.08. The van der Waals surface area contributed by atoms with Crippen molar-refractivity contribution in [1.29, 1.82) is 0 Å². The number of H-pyrrole nitrogens is 1. The van der Waals surface area contributed by atoms with E-state index in [0.717, 1.165) is 12.1 Å². The lowest BCUT2D eigenvalue weighted by atomic mass is 10.2. The second-order valence-electron chi connectivity index (χ2n) is 3.69. The molecule has 0 aliphatic rings. The van der Waals surface area contributed by atoms with Crippen LogP contribution in [0.1, 0.15) is 16.1 Å². The summed E-state index contributed by atoms with van der Waals surface area (Å²) < 4.78 is 0. The molecule has 7 nitrogen and oxygen atoms in total. The van der Waals surface area contributed by atoms with Crippen molar-refractivity contribution in [3.8, 4) is 17.2 Å². The van der Waals surface area contributed by atoms with Crippen LogP contribution in [-0.2, 0) is 0 Å². The van der Waals surface area contributed by atoms with E-state index in [1.54, 1.807) is 18.3 Å². The minimum Gasteiger partial charge on any atom is -0.504 e. The van der Waals surface area contributed by atoms with Gasteiger partial charge in [-0.05, 0) is 24.3 Å². The maximum absolute atomic E-state index is 11.6. The van der Waals surface area contributed by atoms with Gasteiger partial charge in [-0.15, -0.1) is 0 Å². The Morgan fingerprint density at radius 3 is 2.53 bits per heavy atom. The summed E-state index contributed by atoms with van der Waals surface area (Å²) in [6.07, 6.45) is 3.11. The van der Waals surface area contributed by atoms with Gasteiger partial charge in [-0.3, -0.25) is 4.79 Å². The van der Waals surface area contributed by atoms with Crippen molar-refractivity contribution in [3.63, 3.8) is 0 Å². The fraction of sp³-hybridized carbons (Fsp3) is 0. The summed E-state index contributed by atoms with van der Waals surface area (Å²) >= 11 is 0. The Morgan fingerprint density at radius 1 is 1.26 bits per heavy atom. The minimum absolute atomic E-state index is 0.0311. The zero-order valence-corrected chi connectivity index (χ0v) is 9.66. The topological polar surface area (TPSA) is 118 Å². The molecule has 0 atom stereocenters. The summed E-state index contributed by atoms with van der Waals surface area (Å²) in [6, 6.07) is 5.58. The van der Waals surface area contributed by atoms with E-state index in [4.69, 9.17) is 5.11 Å². The first-order valence-electron chi connectivity index (χ1n) is 5.29. The molecule has 19 heavy (non-hydrogen) atoms. The third-order valence-electron chi connectivity index (χ3n) is 2.32. The molecule has 0 bridgehead atoms. The number of amides is 1. The van der Waals surface area contributed by atoms with Gasteiger partial charge in [-0.25, -0.2) is 5.43 Å². The molecular formula is C12H11N3O4. The number of benzene rings is 1. The highest BCUT2D eigenvalue weighted by molar-refractivity contribution is 5.96. The Kier molecular flexibility index (Phi) is 3.37. The molecule has 0 aliphatic heterocycles. The van der Waals surface area contributed by atoms with E-state index >= 15 is 0 Å². The van der Waals surface area contributed by atoms with Crippen molar-refractivity contribution < 1.29 is 20.1 Å². The summed E-state index contributed by atoms with van der Waals surface area (Å²) in [4.78, 5) is 14.5. The van der Waals surface area contributed by atoms with E-state index in [-0.39, 0.29) is 5.56 Å². The molecule has 0 spiro atoms. The zero-order valence-electron chi connectivity index (χ0n) is 9.66. The number of hydrazone groups is 1. The van der Waals surface area contributed by atoms with E-state index in [0.29, 0.717) is 5.69 Å². The van der Waals surface area contributed by atoms with E-state index in [9.17, 15) is 15.0 Å². The van der Waals surface area contributed by atoms with Gasteiger partial charge in [-0.1, -0.05) is 0 Å². The summed E-state index contributed by atoms with van der Waals surface area (Å²) in [5, 5.41) is 31.4. The number of aromatic hydroxyl groups is 3. The van der Waals surface area contributed by atoms with Gasteiger partial charge in [0.15, 0.2) is 17.2 Å². The van der Waals surface area contributed by atoms with E-state index in [1.807, 2.05) is 0 Å². The number of phenolic OH excluding ortho intramolecular Hbond substituents is 3. The third-order valence-corrected chi connectivity index (χ3v) is 2.32. The van der Waals surface area contributed by atoms with Crippen LogP contribution in [0, 0.1) is 0 Å². The molecule has 0 aliphatic carbocycles. The van der Waals surface area contributed by atoms with Gasteiger partial charge >= 0.3 is 0 Å². The Bertz CT molecular complexity index is 597. The highest BCUT2D eigenvalue weighted by Gasteiger charge is 2.12. The number of rotatable bonds is 3. The van der Waals surface area contributed by atoms with Crippen LogP contribution < -0.4 is 5.43 Å². The molecule has 98 valence electrons. The van der Waals surface area contributed by atoms with Crippen molar-refractivity contribution in [3.05, 3.63) is 41.7 Å². The van der Waals surface area contributed by atoms with Gasteiger partial charge in [0.2, 0.25) is 0 Å². The molecule has 0 unspecified atom stereocenters. The van der Waals surface area contributed by atoms with Crippen LogP contribution in [0.2, 0.25) is 0 Å². The highest BCUT2D eigenvalue weighted by atomic mass is 16.3. The van der Waals surface area contributed by atoms with E-state index in [1.165, 1.54) is 6.21 Å². The quantitative estimate of drug-likeness (QED) is 0.320. The molecule has 1 aromatic heterocycles. The standard InChI is InChI=1S/C12H11N3O4/c16-9-4-7(5-10(17)11(9)18)12(19)15-14-6-8-2-1-3-13-8/h1-6,13,16-18H,(H,15,19). The Hall–Kier alpha value is -2.96. The van der Waals surface area contributed by atoms with Crippen LogP contribution in [-0.4, -0.2) is 32.4 Å². The summed E-state index contributed by atoms with van der Waals surface area (Å²) in [7, 11) is 0. The molecule has 7 heteroatoms. The molecule has 1 amide bonds. The summed E-state index contributed by atoms with van der Waals surface area (Å²) in [6.45, 7) is 0. The normalized spacial score (nSPS) is 10.7. The molecule has 0 saturated heterocycles. The smallest absolute Gasteiger partial charge is 0.271 e. The fourth-order valence-corrected chi connectivity index (χ4v) is 1.38. The summed E-state index contributed by atoms with van der Waals surface area (Å²) in [5.41, 5.74) is 2.89. The number of phenols is 3. The lowest BCUT2D eigenvalue weighted by Gasteiger charge is -2.04. The lowest BCUT2D eigenvalue weighted by Crippen LogP contribution is -2.17. The number of carbonyl (C=O) groups is 1. The number of aromatic nitrogens is 1. The van der Waals surface area contributed by atoms with E-state index in [2.05, 4.69) is 15.5 Å². The SMILES string of the molecule is O=C(NN=Cc1ccc[nH]1)c1cc(O)c(O)c(O)c1. The van der Waals surface area contributed by atoms with Crippen LogP contribution in [0.3, 0.4) is 0 Å². The molecule has 1 heterocycles. The molecule has 2 rings (SSSR count). The van der Waals surface area contributed by atoms with Gasteiger partial charge < -0.3 is 20.3 Å². The average Bonchev–Trinajstić information content (AvgIpc) is 2.88. The lowest BCUT2D eigenvalue weighted by molar-refractivity contribution is 0.0954. The fourth-order valence-electron chi connectivity index (χ4n) is 1.38. The second-order valence-corrected chi connectivity index (χ2v) is 3.69. The van der Waals surface area contributed by atoms with Crippen LogP contribution in [0.25, 0.3) is 0 Å². The first kappa shape index (κ1) is 12.5. The predicted octanol–water partition coefficient (Wildman–Crippen LogP) is 0.895. The van der Waals surface area contributed by atoms with E-state index < -0.39 is 23.2 Å². The Morgan fingerprint density at radius 2 is 1.95 bits per heavy atom. The largest absolute Gasteiger partial charge is 0.504 e. The van der Waals surface area contributed by atoms with Crippen molar-refractivity contribution in [2.75, 3.05) is 0 Å². The maximum Gasteiger partial charge on any atom is 0.271 e. The van der Waals surface area contributed by atoms with Crippen LogP contribution in [0.15, 0.2) is 35.6 Å². The highest BCUT2D eigenvalue weighted by Crippen LogP contribution is 2.35. The molecule has 0 fully saturated rings. The van der Waals surface area contributed by atoms with Crippen molar-refractivity contribution in [2.24, 2.45) is 5.10 Å². The number of carbonyl (C=O) groups excluding carboxylic acids is 1. The summed E-state index contributed by atoms with van der Waals surface area (Å²) in [5.74, 6) is -2.48. The third kappa shape index (κ3) is 2.83. The predicted molar refractivity (Wildman–Crippen MR) is 67.3 cm³/mol. The van der Waals surface area contributed by atoms with Gasteiger partial charge in [0.25, 0.3) is 5.91 Å². The monoisotopic (exact) mass is 261 g/mol. The molecule has 5 N–H and O–H groups in total. The van der Waals surface area contributed by atoms with Crippen LogP contribution in [0.4, 0.5) is 0 Å². The second kappa shape index (κ2) is 5.13. The van der Waals surface area contributed by atoms with Gasteiger partial charge in [0.05, 0.1) is 11.9 Å². The zero-order chi connectivity index (χ0) is 13.8. The van der Waals surface area contributed by atoms with Gasteiger partial charge in [0.1, 0.15) is 0 Å². The van der Waals surface area contributed by atoms with Crippen molar-refractivity contribution in [2.45, 2.75) is 0 Å². The molecule has 1 aromatic carbocycles. The van der Waals surface area contributed by atoms with Crippen LogP contribution in [0.5, 0.6) is 17.2 Å². The van der Waals surface area contributed by atoms with Gasteiger partial charge in [0, 0.05) is 11.8 Å². The molecular weight excluding hydrogens is 250 g/mol.